The smallest absolute Gasteiger partial charge is 0.321 e. The highest BCUT2D eigenvalue weighted by Gasteiger charge is 2.41. The van der Waals surface area contributed by atoms with Crippen LogP contribution in [0.4, 0.5) is 0 Å². The van der Waals surface area contributed by atoms with E-state index in [0.717, 1.165) is 19.3 Å². The van der Waals surface area contributed by atoms with Crippen LogP contribution < -0.4 is 5.32 Å². The number of ketones is 1. The van der Waals surface area contributed by atoms with Gasteiger partial charge in [0.15, 0.2) is 0 Å². The maximum absolute atomic E-state index is 11.8. The van der Waals surface area contributed by atoms with Gasteiger partial charge in [-0.1, -0.05) is 15.9 Å². The van der Waals surface area contributed by atoms with Crippen LogP contribution >= 0.6 is 15.9 Å². The summed E-state index contributed by atoms with van der Waals surface area (Å²) in [5.41, 5.74) is 0. The number of halogens is 1. The number of carbonyl (C=O) groups excluding carboxylic acids is 1. The number of carboxylic acid groups (broad SMARTS) is 1. The number of carbonyl (C=O) groups is 2. The van der Waals surface area contributed by atoms with Crippen LogP contribution in [-0.4, -0.2) is 33.8 Å². The number of hydrogen-bond acceptors (Lipinski definition) is 3. The van der Waals surface area contributed by atoms with Crippen molar-refractivity contribution in [2.75, 3.05) is 0 Å². The molecule has 15 heavy (non-hydrogen) atoms. The Kier molecular flexibility index (Phi) is 3.11. The zero-order valence-electron chi connectivity index (χ0n) is 8.28. The van der Waals surface area contributed by atoms with E-state index in [4.69, 9.17) is 5.11 Å². The number of fused-ring (bicyclic) bond motifs is 1. The van der Waals surface area contributed by atoms with Gasteiger partial charge in [-0.15, -0.1) is 0 Å². The second kappa shape index (κ2) is 4.22. The maximum atomic E-state index is 11.8. The van der Waals surface area contributed by atoms with Gasteiger partial charge in [0, 0.05) is 23.2 Å². The maximum Gasteiger partial charge on any atom is 0.321 e. The minimum Gasteiger partial charge on any atom is -0.480 e. The molecule has 0 aromatic heterocycles. The van der Waals surface area contributed by atoms with Crippen molar-refractivity contribution in [2.24, 2.45) is 5.92 Å². The lowest BCUT2D eigenvalue weighted by atomic mass is 9.77. The fourth-order valence-electron chi connectivity index (χ4n) is 2.50. The summed E-state index contributed by atoms with van der Waals surface area (Å²) in [5, 5.41) is 11.9. The molecule has 2 aliphatic rings. The van der Waals surface area contributed by atoms with Crippen molar-refractivity contribution in [1.29, 1.82) is 0 Å². The van der Waals surface area contributed by atoms with Crippen molar-refractivity contribution in [1.82, 2.24) is 5.32 Å². The Morgan fingerprint density at radius 3 is 2.87 bits per heavy atom. The normalized spacial score (nSPS) is 41.0. The first-order valence-electron chi connectivity index (χ1n) is 5.23. The molecule has 1 aliphatic heterocycles. The van der Waals surface area contributed by atoms with Crippen LogP contribution in [-0.2, 0) is 9.59 Å². The van der Waals surface area contributed by atoms with Gasteiger partial charge in [0.1, 0.15) is 11.8 Å². The summed E-state index contributed by atoms with van der Waals surface area (Å²) in [6.07, 6.45) is 2.86. The topological polar surface area (TPSA) is 66.4 Å². The molecule has 84 valence electrons. The Morgan fingerprint density at radius 1 is 1.47 bits per heavy atom. The molecule has 0 amide bonds. The molecule has 0 aromatic rings. The van der Waals surface area contributed by atoms with Gasteiger partial charge in [0.05, 0.1) is 0 Å². The van der Waals surface area contributed by atoms with E-state index in [9.17, 15) is 9.59 Å². The zero-order chi connectivity index (χ0) is 11.0. The van der Waals surface area contributed by atoms with Crippen molar-refractivity contribution in [2.45, 2.75) is 42.6 Å². The summed E-state index contributed by atoms with van der Waals surface area (Å²) < 4.78 is 0. The van der Waals surface area contributed by atoms with Crippen LogP contribution in [0.1, 0.15) is 25.7 Å². The Labute approximate surface area is 96.5 Å². The number of Topliss-reactive ketones (excluding diaryl/α,β-unsaturated/α-hetero) is 1. The van der Waals surface area contributed by atoms with Crippen molar-refractivity contribution in [3.8, 4) is 0 Å². The summed E-state index contributed by atoms with van der Waals surface area (Å²) in [4.78, 5) is 23.0. The molecule has 5 heteroatoms. The van der Waals surface area contributed by atoms with Crippen LogP contribution in [0.2, 0.25) is 0 Å². The van der Waals surface area contributed by atoms with Crippen LogP contribution in [0.15, 0.2) is 0 Å². The molecule has 4 unspecified atom stereocenters. The van der Waals surface area contributed by atoms with Crippen LogP contribution in [0.5, 0.6) is 0 Å². The van der Waals surface area contributed by atoms with E-state index in [1.165, 1.54) is 0 Å². The minimum absolute atomic E-state index is 0.0127. The van der Waals surface area contributed by atoms with Gasteiger partial charge in [-0.05, 0) is 19.3 Å². The lowest BCUT2D eigenvalue weighted by Gasteiger charge is -2.39. The molecule has 0 bridgehead atoms. The van der Waals surface area contributed by atoms with E-state index < -0.39 is 12.0 Å². The fourth-order valence-corrected chi connectivity index (χ4v) is 3.17. The lowest BCUT2D eigenvalue weighted by Crippen LogP contribution is -2.56. The summed E-state index contributed by atoms with van der Waals surface area (Å²) >= 11 is 3.53. The zero-order valence-corrected chi connectivity index (χ0v) is 9.87. The predicted molar refractivity (Wildman–Crippen MR) is 58.0 cm³/mol. The highest BCUT2D eigenvalue weighted by molar-refractivity contribution is 9.09. The van der Waals surface area contributed by atoms with Crippen LogP contribution in [0, 0.1) is 5.92 Å². The summed E-state index contributed by atoms with van der Waals surface area (Å²) in [7, 11) is 0. The third kappa shape index (κ3) is 2.23. The van der Waals surface area contributed by atoms with Crippen LogP contribution in [0.25, 0.3) is 0 Å². The molecule has 0 aromatic carbocycles. The van der Waals surface area contributed by atoms with E-state index in [1.807, 2.05) is 0 Å². The van der Waals surface area contributed by atoms with Gasteiger partial charge in [-0.3, -0.25) is 9.59 Å². The Bertz CT molecular complexity index is 294. The Morgan fingerprint density at radius 2 is 2.20 bits per heavy atom. The monoisotopic (exact) mass is 275 g/mol. The van der Waals surface area contributed by atoms with Crippen molar-refractivity contribution in [3.63, 3.8) is 0 Å². The molecule has 1 saturated heterocycles. The van der Waals surface area contributed by atoms with Gasteiger partial charge in [0.2, 0.25) is 0 Å². The SMILES string of the molecule is O=C(O)C1CC(=O)C2CC(Br)CCC2N1. The number of carboxylic acids is 1. The molecule has 4 atom stereocenters. The summed E-state index contributed by atoms with van der Waals surface area (Å²) in [6, 6.07) is -0.605. The average molecular weight is 276 g/mol. The van der Waals surface area contributed by atoms with Gasteiger partial charge in [-0.2, -0.15) is 0 Å². The summed E-state index contributed by atoms with van der Waals surface area (Å²) in [5.74, 6) is -0.795. The number of piperidine rings is 1. The molecular formula is C10H14BrNO3. The quantitative estimate of drug-likeness (QED) is 0.699. The largest absolute Gasteiger partial charge is 0.480 e. The van der Waals surface area contributed by atoms with Crippen molar-refractivity contribution in [3.05, 3.63) is 0 Å². The average Bonchev–Trinajstić information content (AvgIpc) is 2.18. The van der Waals surface area contributed by atoms with E-state index in [2.05, 4.69) is 21.2 Å². The van der Waals surface area contributed by atoms with E-state index in [0.29, 0.717) is 4.83 Å². The lowest BCUT2D eigenvalue weighted by molar-refractivity contribution is -0.144. The third-order valence-electron chi connectivity index (χ3n) is 3.32. The van der Waals surface area contributed by atoms with Gasteiger partial charge < -0.3 is 10.4 Å². The van der Waals surface area contributed by atoms with Crippen LogP contribution in [0.3, 0.4) is 0 Å². The Balaban J connectivity index is 2.07. The predicted octanol–water partition coefficient (Wildman–Crippen LogP) is 0.934. The third-order valence-corrected chi connectivity index (χ3v) is 4.15. The van der Waals surface area contributed by atoms with E-state index in [-0.39, 0.29) is 24.2 Å². The standard InChI is InChI=1S/C10H14BrNO3/c11-5-1-2-7-6(3-5)9(13)4-8(12-7)10(14)15/h5-8,12H,1-4H2,(H,14,15). The molecule has 2 N–H and O–H groups in total. The van der Waals surface area contributed by atoms with Crippen molar-refractivity contribution < 1.29 is 14.7 Å². The van der Waals surface area contributed by atoms with Gasteiger partial charge in [-0.25, -0.2) is 0 Å². The minimum atomic E-state index is -0.914. The second-order valence-corrected chi connectivity index (χ2v) is 5.65. The number of rotatable bonds is 1. The molecule has 1 heterocycles. The fraction of sp³-hybridized carbons (Fsp3) is 0.800. The first-order chi connectivity index (χ1) is 7.08. The molecule has 0 spiro atoms. The van der Waals surface area contributed by atoms with Gasteiger partial charge >= 0.3 is 5.97 Å². The number of aliphatic carboxylic acids is 1. The van der Waals surface area contributed by atoms with E-state index >= 15 is 0 Å². The molecule has 4 nitrogen and oxygen atoms in total. The molecule has 2 rings (SSSR count). The van der Waals surface area contributed by atoms with E-state index in [1.54, 1.807) is 0 Å². The highest BCUT2D eigenvalue weighted by atomic mass is 79.9. The second-order valence-electron chi connectivity index (χ2n) is 4.35. The number of nitrogens with one attached hydrogen (secondary N) is 1. The van der Waals surface area contributed by atoms with Gasteiger partial charge in [0.25, 0.3) is 0 Å². The molecule has 0 radical (unpaired) electrons. The van der Waals surface area contributed by atoms with Crippen molar-refractivity contribution >= 4 is 27.7 Å². The molecular weight excluding hydrogens is 262 g/mol. The molecule has 2 fully saturated rings. The Hall–Kier alpha value is -0.420. The first kappa shape index (κ1) is 11.1. The number of alkyl halides is 1. The summed E-state index contributed by atoms with van der Waals surface area (Å²) in [6.45, 7) is 0. The molecule has 1 aliphatic carbocycles. The molecule has 1 saturated carbocycles. The first-order valence-corrected chi connectivity index (χ1v) is 6.15. The highest BCUT2D eigenvalue weighted by Crippen LogP contribution is 2.33. The number of hydrogen-bond donors (Lipinski definition) is 2.